The second kappa shape index (κ2) is 6.97. The van der Waals surface area contributed by atoms with Crippen molar-refractivity contribution in [3.63, 3.8) is 0 Å². The number of amides is 1. The average Bonchev–Trinajstić information content (AvgIpc) is 2.81. The third-order valence-electron chi connectivity index (χ3n) is 3.82. The van der Waals surface area contributed by atoms with Gasteiger partial charge in [-0.2, -0.15) is 0 Å². The minimum atomic E-state index is -0.576. The first-order chi connectivity index (χ1) is 8.08. The molecule has 1 amide bonds. The number of hydrogen-bond acceptors (Lipinski definition) is 3. The van der Waals surface area contributed by atoms with Gasteiger partial charge in [-0.3, -0.25) is 4.79 Å². The van der Waals surface area contributed by atoms with Crippen LogP contribution in [0.15, 0.2) is 0 Å². The Kier molecular flexibility index (Phi) is 5.92. The maximum absolute atomic E-state index is 11.3. The van der Waals surface area contributed by atoms with Gasteiger partial charge < -0.3 is 15.8 Å². The lowest BCUT2D eigenvalue weighted by Crippen LogP contribution is -2.51. The Morgan fingerprint density at radius 1 is 1.41 bits per heavy atom. The lowest BCUT2D eigenvalue weighted by atomic mass is 9.94. The van der Waals surface area contributed by atoms with Crippen LogP contribution in [-0.4, -0.2) is 31.2 Å². The van der Waals surface area contributed by atoms with E-state index in [1.807, 2.05) is 6.92 Å². The van der Waals surface area contributed by atoms with E-state index < -0.39 is 5.54 Å². The summed E-state index contributed by atoms with van der Waals surface area (Å²) in [5.74, 6) is -0.281. The zero-order valence-corrected chi connectivity index (χ0v) is 11.1. The second-order valence-electron chi connectivity index (χ2n) is 5.18. The molecule has 1 aliphatic rings. The van der Waals surface area contributed by atoms with E-state index >= 15 is 0 Å². The number of hydrogen-bond donors (Lipinski definition) is 2. The van der Waals surface area contributed by atoms with Gasteiger partial charge in [-0.15, -0.1) is 0 Å². The highest BCUT2D eigenvalue weighted by atomic mass is 16.5. The molecule has 1 atom stereocenters. The van der Waals surface area contributed by atoms with Crippen LogP contribution < -0.4 is 11.1 Å². The minimum absolute atomic E-state index is 0.281. The molecule has 0 saturated heterocycles. The van der Waals surface area contributed by atoms with Gasteiger partial charge in [0.05, 0.1) is 11.6 Å². The Hall–Kier alpha value is -0.610. The van der Waals surface area contributed by atoms with Crippen LogP contribution in [0.25, 0.3) is 0 Å². The first-order valence-electron chi connectivity index (χ1n) is 6.69. The summed E-state index contributed by atoms with van der Waals surface area (Å²) in [4.78, 5) is 11.3. The Morgan fingerprint density at radius 2 is 2.06 bits per heavy atom. The largest absolute Gasteiger partial charge is 0.378 e. The van der Waals surface area contributed by atoms with Crippen LogP contribution in [0.1, 0.15) is 51.9 Å². The summed E-state index contributed by atoms with van der Waals surface area (Å²) in [5.41, 5.74) is 4.79. The summed E-state index contributed by atoms with van der Waals surface area (Å²) < 4.78 is 5.78. The molecule has 1 rings (SSSR count). The summed E-state index contributed by atoms with van der Waals surface area (Å²) in [6.45, 7) is 2.66. The van der Waals surface area contributed by atoms with Crippen LogP contribution in [0, 0.1) is 0 Å². The summed E-state index contributed by atoms with van der Waals surface area (Å²) >= 11 is 0. The molecule has 1 fully saturated rings. The number of carbonyl (C=O) groups is 1. The molecule has 0 aliphatic heterocycles. The van der Waals surface area contributed by atoms with E-state index in [2.05, 4.69) is 5.32 Å². The third-order valence-corrected chi connectivity index (χ3v) is 3.82. The zero-order chi connectivity index (χ0) is 12.7. The first-order valence-corrected chi connectivity index (χ1v) is 6.69. The standard InChI is InChI=1S/C13H26N2O2/c1-13(15-2,12(14)16)9-5-6-10-17-11-7-3-4-8-11/h11,15H,3-10H2,1-2H3,(H2,14,16). The molecule has 17 heavy (non-hydrogen) atoms. The maximum atomic E-state index is 11.3. The Morgan fingerprint density at radius 3 is 2.59 bits per heavy atom. The Labute approximate surface area is 104 Å². The number of rotatable bonds is 8. The summed E-state index contributed by atoms with van der Waals surface area (Å²) in [5, 5.41) is 2.99. The molecule has 1 saturated carbocycles. The van der Waals surface area contributed by atoms with Crippen molar-refractivity contribution in [2.45, 2.75) is 63.5 Å². The molecule has 0 spiro atoms. The van der Waals surface area contributed by atoms with Gasteiger partial charge in [0.1, 0.15) is 0 Å². The molecular formula is C13H26N2O2. The van der Waals surface area contributed by atoms with Crippen molar-refractivity contribution in [2.24, 2.45) is 5.73 Å². The Balaban J connectivity index is 2.08. The van der Waals surface area contributed by atoms with E-state index in [-0.39, 0.29) is 5.91 Å². The highest BCUT2D eigenvalue weighted by Crippen LogP contribution is 2.21. The van der Waals surface area contributed by atoms with E-state index in [4.69, 9.17) is 10.5 Å². The summed E-state index contributed by atoms with van der Waals surface area (Å²) in [6.07, 6.45) is 8.28. The van der Waals surface area contributed by atoms with E-state index in [9.17, 15) is 4.79 Å². The van der Waals surface area contributed by atoms with Crippen molar-refractivity contribution in [3.05, 3.63) is 0 Å². The van der Waals surface area contributed by atoms with E-state index in [0.29, 0.717) is 6.10 Å². The minimum Gasteiger partial charge on any atom is -0.378 e. The number of ether oxygens (including phenoxy) is 1. The molecule has 0 aromatic carbocycles. The number of carbonyl (C=O) groups excluding carboxylic acids is 1. The average molecular weight is 242 g/mol. The van der Waals surface area contributed by atoms with Gasteiger partial charge >= 0.3 is 0 Å². The summed E-state index contributed by atoms with van der Waals surface area (Å²) in [7, 11) is 1.78. The second-order valence-corrected chi connectivity index (χ2v) is 5.18. The van der Waals surface area contributed by atoms with Crippen LogP contribution in [0.3, 0.4) is 0 Å². The fourth-order valence-electron chi connectivity index (χ4n) is 2.26. The topological polar surface area (TPSA) is 64.3 Å². The Bertz CT molecular complexity index is 240. The van der Waals surface area contributed by atoms with Gasteiger partial charge in [-0.05, 0) is 46.1 Å². The lowest BCUT2D eigenvalue weighted by molar-refractivity contribution is -0.123. The normalized spacial score (nSPS) is 20.4. The predicted octanol–water partition coefficient (Wildman–Crippen LogP) is 1.58. The van der Waals surface area contributed by atoms with Crippen molar-refractivity contribution < 1.29 is 9.53 Å². The van der Waals surface area contributed by atoms with Gasteiger partial charge in [0.15, 0.2) is 0 Å². The molecule has 4 nitrogen and oxygen atoms in total. The number of unbranched alkanes of at least 4 members (excludes halogenated alkanes) is 1. The van der Waals surface area contributed by atoms with E-state index in [1.165, 1.54) is 25.7 Å². The van der Waals surface area contributed by atoms with Crippen LogP contribution in [0.4, 0.5) is 0 Å². The number of nitrogens with two attached hydrogens (primary N) is 1. The van der Waals surface area contributed by atoms with Crippen molar-refractivity contribution in [1.82, 2.24) is 5.32 Å². The molecule has 100 valence electrons. The van der Waals surface area contributed by atoms with Crippen LogP contribution in [-0.2, 0) is 9.53 Å². The van der Waals surface area contributed by atoms with Crippen molar-refractivity contribution >= 4 is 5.91 Å². The molecule has 4 heteroatoms. The predicted molar refractivity (Wildman–Crippen MR) is 68.7 cm³/mol. The van der Waals surface area contributed by atoms with Crippen LogP contribution in [0.5, 0.6) is 0 Å². The van der Waals surface area contributed by atoms with E-state index in [0.717, 1.165) is 25.9 Å². The smallest absolute Gasteiger partial charge is 0.237 e. The third kappa shape index (κ3) is 4.64. The number of primary amides is 1. The monoisotopic (exact) mass is 242 g/mol. The van der Waals surface area contributed by atoms with Crippen molar-refractivity contribution in [2.75, 3.05) is 13.7 Å². The quantitative estimate of drug-likeness (QED) is 0.635. The van der Waals surface area contributed by atoms with E-state index in [1.54, 1.807) is 7.05 Å². The molecule has 0 aromatic heterocycles. The number of likely N-dealkylation sites (N-methyl/N-ethyl adjacent to an activating group) is 1. The van der Waals surface area contributed by atoms with Gasteiger partial charge in [-0.25, -0.2) is 0 Å². The van der Waals surface area contributed by atoms with Crippen molar-refractivity contribution in [1.29, 1.82) is 0 Å². The molecule has 1 aliphatic carbocycles. The molecule has 0 aromatic rings. The first kappa shape index (κ1) is 14.5. The fraction of sp³-hybridized carbons (Fsp3) is 0.923. The highest BCUT2D eigenvalue weighted by molar-refractivity contribution is 5.84. The maximum Gasteiger partial charge on any atom is 0.237 e. The SMILES string of the molecule is CNC(C)(CCCCOC1CCCC1)C(N)=O. The van der Waals surface area contributed by atoms with Gasteiger partial charge in [-0.1, -0.05) is 12.8 Å². The molecule has 0 bridgehead atoms. The highest BCUT2D eigenvalue weighted by Gasteiger charge is 2.27. The van der Waals surface area contributed by atoms with Gasteiger partial charge in [0.2, 0.25) is 5.91 Å². The molecule has 3 N–H and O–H groups in total. The molecule has 0 radical (unpaired) electrons. The van der Waals surface area contributed by atoms with Gasteiger partial charge in [0, 0.05) is 6.61 Å². The summed E-state index contributed by atoms with van der Waals surface area (Å²) in [6, 6.07) is 0. The van der Waals surface area contributed by atoms with Crippen LogP contribution >= 0.6 is 0 Å². The zero-order valence-electron chi connectivity index (χ0n) is 11.1. The van der Waals surface area contributed by atoms with Crippen molar-refractivity contribution in [3.8, 4) is 0 Å². The molecule has 1 unspecified atom stereocenters. The molecular weight excluding hydrogens is 216 g/mol. The van der Waals surface area contributed by atoms with Crippen LogP contribution in [0.2, 0.25) is 0 Å². The lowest BCUT2D eigenvalue weighted by Gasteiger charge is -2.25. The fourth-order valence-corrected chi connectivity index (χ4v) is 2.26. The molecule has 0 heterocycles. The number of nitrogens with one attached hydrogen (secondary N) is 1. The van der Waals surface area contributed by atoms with Gasteiger partial charge in [0.25, 0.3) is 0 Å².